The van der Waals surface area contributed by atoms with E-state index < -0.39 is 0 Å². The Morgan fingerprint density at radius 3 is 2.20 bits per heavy atom. The highest BCUT2D eigenvalue weighted by molar-refractivity contribution is 6.18. The van der Waals surface area contributed by atoms with E-state index in [1.807, 2.05) is 0 Å². The van der Waals surface area contributed by atoms with Gasteiger partial charge in [-0.25, -0.2) is 0 Å². The fraction of sp³-hybridized carbons (Fsp3) is 0.167. The van der Waals surface area contributed by atoms with Crippen molar-refractivity contribution in [2.24, 2.45) is 0 Å². The van der Waals surface area contributed by atoms with Gasteiger partial charge in [-0.15, -0.1) is 0 Å². The molecule has 1 unspecified atom stereocenters. The highest BCUT2D eigenvalue weighted by Crippen LogP contribution is 2.55. The molecule has 3 aliphatic carbocycles. The summed E-state index contributed by atoms with van der Waals surface area (Å²) in [6.07, 6.45) is 17.1. The number of nitrogens with one attached hydrogen (secondary N) is 1. The van der Waals surface area contributed by atoms with Crippen molar-refractivity contribution in [2.45, 2.75) is 51.4 Å². The monoisotopic (exact) mass is 631 g/mol. The quantitative estimate of drug-likeness (QED) is 0.187. The number of anilines is 1. The van der Waals surface area contributed by atoms with Gasteiger partial charge in [-0.05, 0) is 110 Å². The van der Waals surface area contributed by atoms with Crippen LogP contribution in [-0.4, -0.2) is 0 Å². The Kier molecular flexibility index (Phi) is 7.06. The highest BCUT2D eigenvalue weighted by Gasteiger charge is 2.38. The standard InChI is InChI=1S/C48H41N/c1-31-12-11-13-36(28-31)43-29-34(25-27-45(43)49-37-14-5-4-6-15-37)32-20-22-33(23-21-32)35-24-26-42-44(30-35)48(2,3)47-41-19-10-8-17-39(41)38-16-7-9-18-40(38)46(42)47/h5,7-22,24-30,33,49H,4,6,23H2,1-3H3. The van der Waals surface area contributed by atoms with Crippen LogP contribution in [0.5, 0.6) is 0 Å². The molecule has 0 saturated heterocycles. The fourth-order valence-electron chi connectivity index (χ4n) is 8.56. The zero-order valence-corrected chi connectivity index (χ0v) is 28.6. The third kappa shape index (κ3) is 4.99. The van der Waals surface area contributed by atoms with Gasteiger partial charge in [0.05, 0.1) is 0 Å². The average Bonchev–Trinajstić information content (AvgIpc) is 3.38. The lowest BCUT2D eigenvalue weighted by Gasteiger charge is -2.25. The summed E-state index contributed by atoms with van der Waals surface area (Å²) in [6.45, 7) is 7.01. The van der Waals surface area contributed by atoms with Gasteiger partial charge in [-0.1, -0.05) is 147 Å². The SMILES string of the molecule is Cc1cccc(-c2cc(C3=CCC(c4ccc5c(c4)C(C)(C)c4c-5c5ccccc5c5ccccc45)C=C3)ccc2NC2=CCCC=C2)c1. The van der Waals surface area contributed by atoms with Gasteiger partial charge in [0.1, 0.15) is 0 Å². The Hall–Kier alpha value is -5.40. The molecule has 6 aromatic rings. The van der Waals surface area contributed by atoms with Crippen LogP contribution in [0.4, 0.5) is 5.69 Å². The minimum atomic E-state index is -0.0882. The van der Waals surface area contributed by atoms with Crippen LogP contribution >= 0.6 is 0 Å². The molecule has 1 N–H and O–H groups in total. The Bertz CT molecular complexity index is 2430. The Morgan fingerprint density at radius 2 is 1.45 bits per heavy atom. The van der Waals surface area contributed by atoms with Gasteiger partial charge in [-0.2, -0.15) is 0 Å². The predicted octanol–water partition coefficient (Wildman–Crippen LogP) is 13.0. The van der Waals surface area contributed by atoms with E-state index in [2.05, 4.69) is 172 Å². The summed E-state index contributed by atoms with van der Waals surface area (Å²) >= 11 is 0. The Labute approximate surface area is 290 Å². The van der Waals surface area contributed by atoms with Crippen LogP contribution in [-0.2, 0) is 5.41 Å². The van der Waals surface area contributed by atoms with E-state index >= 15 is 0 Å². The van der Waals surface area contributed by atoms with Gasteiger partial charge >= 0.3 is 0 Å². The number of aryl methyl sites for hydroxylation is 1. The maximum absolute atomic E-state index is 3.72. The van der Waals surface area contributed by atoms with Crippen LogP contribution in [0.25, 0.3) is 49.4 Å². The molecule has 0 amide bonds. The predicted molar refractivity (Wildman–Crippen MR) is 210 cm³/mol. The molecule has 1 atom stereocenters. The zero-order chi connectivity index (χ0) is 33.1. The molecule has 0 heterocycles. The van der Waals surface area contributed by atoms with Crippen LogP contribution in [0.2, 0.25) is 0 Å². The largest absolute Gasteiger partial charge is 0.355 e. The van der Waals surface area contributed by atoms with E-state index in [0.29, 0.717) is 5.92 Å². The summed E-state index contributed by atoms with van der Waals surface area (Å²) in [5.74, 6) is 0.351. The van der Waals surface area contributed by atoms with Crippen LogP contribution < -0.4 is 5.32 Å². The normalized spacial score (nSPS) is 17.5. The number of rotatable bonds is 5. The van der Waals surface area contributed by atoms with Crippen LogP contribution in [0, 0.1) is 6.92 Å². The van der Waals surface area contributed by atoms with Crippen molar-refractivity contribution < 1.29 is 0 Å². The van der Waals surface area contributed by atoms with E-state index in [-0.39, 0.29) is 5.41 Å². The number of allylic oxidation sites excluding steroid dienone is 7. The molecule has 1 nitrogen and oxygen atoms in total. The van der Waals surface area contributed by atoms with Crippen molar-refractivity contribution >= 4 is 32.8 Å². The molecule has 0 aromatic heterocycles. The van der Waals surface area contributed by atoms with Crippen molar-refractivity contribution in [2.75, 3.05) is 5.32 Å². The topological polar surface area (TPSA) is 12.0 Å². The first-order valence-electron chi connectivity index (χ1n) is 17.8. The molecular weight excluding hydrogens is 591 g/mol. The van der Waals surface area contributed by atoms with Crippen LogP contribution in [0.15, 0.2) is 151 Å². The molecule has 0 aliphatic heterocycles. The molecule has 0 saturated carbocycles. The summed E-state index contributed by atoms with van der Waals surface area (Å²) in [5, 5.41) is 9.15. The molecule has 9 rings (SSSR count). The summed E-state index contributed by atoms with van der Waals surface area (Å²) in [5.41, 5.74) is 15.6. The third-order valence-corrected chi connectivity index (χ3v) is 11.0. The van der Waals surface area contributed by atoms with E-state index in [1.165, 1.54) is 82.9 Å². The van der Waals surface area contributed by atoms with E-state index in [9.17, 15) is 0 Å². The van der Waals surface area contributed by atoms with E-state index in [4.69, 9.17) is 0 Å². The molecule has 1 heteroatoms. The summed E-state index contributed by atoms with van der Waals surface area (Å²) < 4.78 is 0. The first-order valence-corrected chi connectivity index (χ1v) is 17.8. The van der Waals surface area contributed by atoms with Crippen molar-refractivity contribution in [1.82, 2.24) is 0 Å². The second-order valence-electron chi connectivity index (χ2n) is 14.5. The van der Waals surface area contributed by atoms with Gasteiger partial charge < -0.3 is 5.32 Å². The summed E-state index contributed by atoms with van der Waals surface area (Å²) in [6, 6.07) is 41.0. The van der Waals surface area contributed by atoms with E-state index in [0.717, 1.165) is 24.9 Å². The van der Waals surface area contributed by atoms with Crippen molar-refractivity contribution in [3.05, 3.63) is 179 Å². The average molecular weight is 632 g/mol. The molecular formula is C48H41N. The van der Waals surface area contributed by atoms with Crippen molar-refractivity contribution in [3.8, 4) is 22.3 Å². The molecule has 49 heavy (non-hydrogen) atoms. The zero-order valence-electron chi connectivity index (χ0n) is 28.6. The van der Waals surface area contributed by atoms with Crippen LogP contribution in [0.1, 0.15) is 66.8 Å². The van der Waals surface area contributed by atoms with E-state index in [1.54, 1.807) is 0 Å². The summed E-state index contributed by atoms with van der Waals surface area (Å²) in [7, 11) is 0. The second-order valence-corrected chi connectivity index (χ2v) is 14.5. The molecule has 238 valence electrons. The van der Waals surface area contributed by atoms with Gasteiger partial charge in [0.2, 0.25) is 0 Å². The number of fused-ring (bicyclic) bond motifs is 8. The molecule has 0 radical (unpaired) electrons. The Morgan fingerprint density at radius 1 is 0.653 bits per heavy atom. The number of benzene rings is 6. The first kappa shape index (κ1) is 29.7. The van der Waals surface area contributed by atoms with Crippen LogP contribution in [0.3, 0.4) is 0 Å². The lowest BCUT2D eigenvalue weighted by atomic mass is 9.78. The number of hydrogen-bond acceptors (Lipinski definition) is 1. The smallest absolute Gasteiger partial charge is 0.0464 e. The van der Waals surface area contributed by atoms with Gasteiger partial charge in [0.15, 0.2) is 0 Å². The number of hydrogen-bond donors (Lipinski definition) is 1. The minimum Gasteiger partial charge on any atom is -0.355 e. The fourth-order valence-corrected chi connectivity index (χ4v) is 8.56. The minimum absolute atomic E-state index is 0.0882. The third-order valence-electron chi connectivity index (χ3n) is 11.0. The first-order chi connectivity index (χ1) is 24.0. The lowest BCUT2D eigenvalue weighted by Crippen LogP contribution is -2.16. The molecule has 6 aromatic carbocycles. The van der Waals surface area contributed by atoms with Gasteiger partial charge in [0, 0.05) is 28.3 Å². The molecule has 0 spiro atoms. The summed E-state index contributed by atoms with van der Waals surface area (Å²) in [4.78, 5) is 0. The van der Waals surface area contributed by atoms with Gasteiger partial charge in [0.25, 0.3) is 0 Å². The van der Waals surface area contributed by atoms with Crippen molar-refractivity contribution in [3.63, 3.8) is 0 Å². The Balaban J connectivity index is 1.05. The molecule has 3 aliphatic rings. The maximum Gasteiger partial charge on any atom is 0.0464 e. The van der Waals surface area contributed by atoms with Gasteiger partial charge in [-0.3, -0.25) is 0 Å². The second kappa shape index (κ2) is 11.6. The van der Waals surface area contributed by atoms with Crippen molar-refractivity contribution in [1.29, 1.82) is 0 Å². The molecule has 0 bridgehead atoms. The molecule has 0 fully saturated rings. The lowest BCUT2D eigenvalue weighted by molar-refractivity contribution is 0.664. The highest BCUT2D eigenvalue weighted by atomic mass is 14.9. The maximum atomic E-state index is 3.72.